The third kappa shape index (κ3) is 4.54. The smallest absolute Gasteiger partial charge is 0.273 e. The van der Waals surface area contributed by atoms with Gasteiger partial charge in [0, 0.05) is 5.02 Å². The first kappa shape index (κ1) is 19.9. The number of hydrogen-bond donors (Lipinski definition) is 0. The predicted octanol–water partition coefficient (Wildman–Crippen LogP) is 4.72. The number of thioether (sulfide) groups is 1. The number of carbonyl (C=O) groups excluding carboxylic acids is 1. The van der Waals surface area contributed by atoms with Crippen LogP contribution in [0.2, 0.25) is 5.02 Å². The van der Waals surface area contributed by atoms with Crippen LogP contribution in [-0.2, 0) is 14.8 Å². The molecule has 1 atom stereocenters. The molecule has 3 rings (SSSR count). The van der Waals surface area contributed by atoms with Crippen molar-refractivity contribution in [1.29, 1.82) is 0 Å². The Morgan fingerprint density at radius 2 is 1.78 bits per heavy atom. The van der Waals surface area contributed by atoms with E-state index in [9.17, 15) is 13.2 Å². The molecule has 0 bridgehead atoms. The first-order chi connectivity index (χ1) is 12.9. The number of nitrogens with zero attached hydrogens (tertiary/aromatic N) is 2. The van der Waals surface area contributed by atoms with Crippen LogP contribution in [-0.4, -0.2) is 24.7 Å². The van der Waals surface area contributed by atoms with E-state index in [2.05, 4.69) is 11.3 Å². The van der Waals surface area contributed by atoms with Crippen molar-refractivity contribution in [2.75, 3.05) is 4.90 Å². The third-order valence-electron chi connectivity index (χ3n) is 4.08. The molecule has 2 aromatic rings. The van der Waals surface area contributed by atoms with Gasteiger partial charge in [0.2, 0.25) is 5.91 Å². The molecule has 27 heavy (non-hydrogen) atoms. The minimum atomic E-state index is -3.95. The van der Waals surface area contributed by atoms with Crippen molar-refractivity contribution in [1.82, 2.24) is 0 Å². The maximum absolute atomic E-state index is 12.9. The molecule has 2 aromatic carbocycles. The van der Waals surface area contributed by atoms with E-state index in [4.69, 9.17) is 11.6 Å². The normalized spacial score (nSPS) is 19.0. The van der Waals surface area contributed by atoms with Gasteiger partial charge in [-0.1, -0.05) is 61.3 Å². The summed E-state index contributed by atoms with van der Waals surface area (Å²) in [5.74, 6) is -0.135. The molecule has 1 aliphatic rings. The highest BCUT2D eigenvalue weighted by atomic mass is 35.5. The van der Waals surface area contributed by atoms with Gasteiger partial charge in [0.1, 0.15) is 0 Å². The van der Waals surface area contributed by atoms with Gasteiger partial charge in [0.25, 0.3) is 10.0 Å². The lowest BCUT2D eigenvalue weighted by Gasteiger charge is -2.16. The molecule has 1 unspecified atom stereocenters. The molecule has 0 saturated carbocycles. The number of benzene rings is 2. The fourth-order valence-electron chi connectivity index (χ4n) is 2.68. The van der Waals surface area contributed by atoms with E-state index in [0.29, 0.717) is 17.1 Å². The lowest BCUT2D eigenvalue weighted by molar-refractivity contribution is -0.117. The topological polar surface area (TPSA) is 66.8 Å². The number of sulfonamides is 1. The molecule has 1 fully saturated rings. The van der Waals surface area contributed by atoms with Crippen molar-refractivity contribution in [2.24, 2.45) is 4.40 Å². The van der Waals surface area contributed by atoms with Crippen molar-refractivity contribution >= 4 is 50.1 Å². The van der Waals surface area contributed by atoms with E-state index in [1.165, 1.54) is 40.9 Å². The van der Waals surface area contributed by atoms with Crippen molar-refractivity contribution in [3.63, 3.8) is 0 Å². The summed E-state index contributed by atoms with van der Waals surface area (Å²) in [7, 11) is -3.95. The summed E-state index contributed by atoms with van der Waals surface area (Å²) in [5.41, 5.74) is 0.610. The van der Waals surface area contributed by atoms with Gasteiger partial charge in [-0.3, -0.25) is 9.69 Å². The highest BCUT2D eigenvalue weighted by Crippen LogP contribution is 2.35. The van der Waals surface area contributed by atoms with E-state index in [-0.39, 0.29) is 21.2 Å². The number of halogens is 1. The van der Waals surface area contributed by atoms with Gasteiger partial charge in [-0.2, -0.15) is 8.42 Å². The summed E-state index contributed by atoms with van der Waals surface area (Å²) in [4.78, 5) is 14.3. The highest BCUT2D eigenvalue weighted by molar-refractivity contribution is 8.16. The molecule has 1 amide bonds. The Labute approximate surface area is 168 Å². The van der Waals surface area contributed by atoms with Gasteiger partial charge in [0.15, 0.2) is 5.17 Å². The van der Waals surface area contributed by atoms with Crippen LogP contribution in [0.5, 0.6) is 0 Å². The lowest BCUT2D eigenvalue weighted by Crippen LogP contribution is -2.32. The molecule has 8 heteroatoms. The van der Waals surface area contributed by atoms with Crippen LogP contribution in [0.15, 0.2) is 63.9 Å². The Hall–Kier alpha value is -1.83. The number of amidine groups is 1. The van der Waals surface area contributed by atoms with Crippen molar-refractivity contribution in [3.05, 3.63) is 59.6 Å². The van der Waals surface area contributed by atoms with E-state index < -0.39 is 10.0 Å². The van der Waals surface area contributed by atoms with Crippen LogP contribution in [0.4, 0.5) is 5.69 Å². The zero-order valence-electron chi connectivity index (χ0n) is 14.7. The summed E-state index contributed by atoms with van der Waals surface area (Å²) >= 11 is 7.04. The Morgan fingerprint density at radius 1 is 1.11 bits per heavy atom. The van der Waals surface area contributed by atoms with Crippen LogP contribution in [0.3, 0.4) is 0 Å². The Kier molecular flexibility index (Phi) is 6.24. The van der Waals surface area contributed by atoms with Crippen molar-refractivity contribution < 1.29 is 13.2 Å². The van der Waals surface area contributed by atoms with Gasteiger partial charge in [0.05, 0.1) is 15.8 Å². The fourth-order valence-corrected chi connectivity index (χ4v) is 5.19. The van der Waals surface area contributed by atoms with Crippen molar-refractivity contribution in [3.8, 4) is 0 Å². The third-order valence-corrected chi connectivity index (χ3v) is 6.93. The minimum absolute atomic E-state index is 0.0393. The molecule has 0 radical (unpaired) electrons. The van der Waals surface area contributed by atoms with Gasteiger partial charge in [-0.15, -0.1) is 4.40 Å². The summed E-state index contributed by atoms with van der Waals surface area (Å²) in [6, 6.07) is 14.8. The van der Waals surface area contributed by atoms with Crippen molar-refractivity contribution in [2.45, 2.75) is 36.3 Å². The zero-order chi connectivity index (χ0) is 19.4. The molecular weight excluding hydrogens is 404 g/mol. The van der Waals surface area contributed by atoms with Crippen LogP contribution in [0.1, 0.15) is 26.2 Å². The number of para-hydroxylation sites is 1. The van der Waals surface area contributed by atoms with Crippen LogP contribution in [0, 0.1) is 0 Å². The number of rotatable bonds is 6. The number of unbranched alkanes of at least 4 members (excludes halogenated alkanes) is 1. The number of hydrogen-bond acceptors (Lipinski definition) is 4. The molecular formula is C19H19ClN2O3S2. The first-order valence-corrected chi connectivity index (χ1v) is 11.3. The predicted molar refractivity (Wildman–Crippen MR) is 111 cm³/mol. The Morgan fingerprint density at radius 3 is 2.41 bits per heavy atom. The fraction of sp³-hybridized carbons (Fsp3) is 0.263. The number of anilines is 1. The van der Waals surface area contributed by atoms with E-state index in [1.807, 2.05) is 6.07 Å². The van der Waals surface area contributed by atoms with Gasteiger partial charge in [-0.05, 0) is 42.8 Å². The van der Waals surface area contributed by atoms with Gasteiger partial charge < -0.3 is 0 Å². The summed E-state index contributed by atoms with van der Waals surface area (Å²) in [6.07, 6.45) is 2.54. The zero-order valence-corrected chi connectivity index (χ0v) is 17.1. The van der Waals surface area contributed by atoms with E-state index in [0.717, 1.165) is 12.8 Å². The molecule has 0 aliphatic carbocycles. The van der Waals surface area contributed by atoms with Crippen LogP contribution >= 0.6 is 23.4 Å². The average molecular weight is 423 g/mol. The number of amides is 1. The first-order valence-electron chi connectivity index (χ1n) is 8.58. The monoisotopic (exact) mass is 422 g/mol. The number of carbonyl (C=O) groups is 1. The van der Waals surface area contributed by atoms with Gasteiger partial charge >= 0.3 is 0 Å². The minimum Gasteiger partial charge on any atom is -0.273 e. The second-order valence-corrected chi connectivity index (χ2v) is 9.27. The van der Waals surface area contributed by atoms with Crippen LogP contribution < -0.4 is 4.90 Å². The Balaban J connectivity index is 2.00. The molecule has 5 nitrogen and oxygen atoms in total. The Bertz CT molecular complexity index is 945. The standard InChI is InChI=1S/C19H19ClN2O3S2/c1-2-3-9-17-18(23)22(15-7-5-4-6-8-15)19(26-17)21-27(24,25)16-12-10-14(20)11-13-16/h4-8,10-13,17H,2-3,9H2,1H3/b21-19+. The molecule has 142 valence electrons. The summed E-state index contributed by atoms with van der Waals surface area (Å²) in [6.45, 7) is 2.05. The molecule has 0 N–H and O–H groups in total. The second kappa shape index (κ2) is 8.46. The molecule has 1 aliphatic heterocycles. The molecule has 1 heterocycles. The average Bonchev–Trinajstić information content (AvgIpc) is 2.95. The molecule has 0 aromatic heterocycles. The van der Waals surface area contributed by atoms with Gasteiger partial charge in [-0.25, -0.2) is 0 Å². The van der Waals surface area contributed by atoms with Crippen LogP contribution in [0.25, 0.3) is 0 Å². The molecule has 1 saturated heterocycles. The summed E-state index contributed by atoms with van der Waals surface area (Å²) < 4.78 is 29.4. The maximum Gasteiger partial charge on any atom is 0.284 e. The lowest BCUT2D eigenvalue weighted by atomic mass is 10.2. The highest BCUT2D eigenvalue weighted by Gasteiger charge is 2.39. The largest absolute Gasteiger partial charge is 0.284 e. The summed E-state index contributed by atoms with van der Waals surface area (Å²) in [5, 5.41) is 0.296. The quantitative estimate of drug-likeness (QED) is 0.675. The molecule has 0 spiro atoms. The van der Waals surface area contributed by atoms with E-state index >= 15 is 0 Å². The SMILES string of the molecule is CCCCC1S/C(=N/S(=O)(=O)c2ccc(Cl)cc2)N(c2ccccc2)C1=O. The maximum atomic E-state index is 12.9. The second-order valence-electron chi connectivity index (χ2n) is 6.06. The van der Waals surface area contributed by atoms with E-state index in [1.54, 1.807) is 24.3 Å².